The molecule has 3 rings (SSSR count). The van der Waals surface area contributed by atoms with Gasteiger partial charge in [0.1, 0.15) is 23.3 Å². The van der Waals surface area contributed by atoms with Crippen LogP contribution < -0.4 is 4.74 Å². The van der Waals surface area contributed by atoms with Crippen molar-refractivity contribution in [2.24, 2.45) is 7.05 Å². The number of benzene rings is 1. The number of rotatable bonds is 2. The van der Waals surface area contributed by atoms with Crippen LogP contribution >= 0.6 is 0 Å². The molecule has 100 valence electrons. The second-order valence-corrected chi connectivity index (χ2v) is 5.67. The zero-order valence-electron chi connectivity index (χ0n) is 11.4. The van der Waals surface area contributed by atoms with Crippen LogP contribution in [0.15, 0.2) is 30.6 Å². The predicted octanol–water partition coefficient (Wildman–Crippen LogP) is 2.22. The number of imidazole rings is 1. The van der Waals surface area contributed by atoms with Crippen LogP contribution in [0, 0.1) is 0 Å². The van der Waals surface area contributed by atoms with Crippen molar-refractivity contribution < 1.29 is 9.84 Å². The number of fused-ring (bicyclic) bond motifs is 1. The van der Waals surface area contributed by atoms with E-state index in [1.54, 1.807) is 6.20 Å². The van der Waals surface area contributed by atoms with E-state index in [2.05, 4.69) is 24.9 Å². The zero-order chi connectivity index (χ0) is 13.6. The number of para-hydroxylation sites is 1. The number of nitrogens with zero attached hydrogens (tertiary/aromatic N) is 2. The number of aliphatic hydroxyl groups is 1. The molecular weight excluding hydrogens is 240 g/mol. The Morgan fingerprint density at radius 2 is 2.21 bits per heavy atom. The van der Waals surface area contributed by atoms with E-state index in [0.717, 1.165) is 23.3 Å². The molecule has 2 aromatic rings. The third kappa shape index (κ3) is 2.02. The molecule has 0 saturated heterocycles. The molecule has 0 spiro atoms. The number of hydrogen-bond acceptors (Lipinski definition) is 3. The van der Waals surface area contributed by atoms with Gasteiger partial charge in [-0.1, -0.05) is 18.2 Å². The molecule has 1 N–H and O–H groups in total. The summed E-state index contributed by atoms with van der Waals surface area (Å²) in [6.07, 6.45) is 3.62. The van der Waals surface area contributed by atoms with Crippen LogP contribution in [0.2, 0.25) is 0 Å². The Bertz CT molecular complexity index is 616. The van der Waals surface area contributed by atoms with Crippen LogP contribution in [0.3, 0.4) is 0 Å². The van der Waals surface area contributed by atoms with Gasteiger partial charge in [-0.05, 0) is 19.4 Å². The minimum atomic E-state index is -0.760. The number of hydrogen-bond donors (Lipinski definition) is 1. The summed E-state index contributed by atoms with van der Waals surface area (Å²) in [5.41, 5.74) is 1.73. The molecule has 1 aliphatic heterocycles. The van der Waals surface area contributed by atoms with Crippen molar-refractivity contribution in [3.8, 4) is 5.75 Å². The van der Waals surface area contributed by atoms with E-state index in [9.17, 15) is 5.11 Å². The molecule has 0 saturated carbocycles. The topological polar surface area (TPSA) is 47.3 Å². The molecule has 0 amide bonds. The van der Waals surface area contributed by atoms with Gasteiger partial charge in [0.15, 0.2) is 0 Å². The molecule has 0 bridgehead atoms. The number of aliphatic hydroxyl groups excluding tert-OH is 1. The third-order valence-electron chi connectivity index (χ3n) is 3.52. The Labute approximate surface area is 112 Å². The van der Waals surface area contributed by atoms with Crippen molar-refractivity contribution in [3.05, 3.63) is 47.5 Å². The van der Waals surface area contributed by atoms with Gasteiger partial charge in [0.05, 0.1) is 0 Å². The van der Waals surface area contributed by atoms with Gasteiger partial charge >= 0.3 is 0 Å². The van der Waals surface area contributed by atoms with E-state index < -0.39 is 6.10 Å². The molecular formula is C15H18N2O2. The molecule has 0 radical (unpaired) electrons. The van der Waals surface area contributed by atoms with Crippen LogP contribution in [-0.4, -0.2) is 20.3 Å². The van der Waals surface area contributed by atoms with Crippen molar-refractivity contribution in [1.82, 2.24) is 9.55 Å². The fraction of sp³-hybridized carbons (Fsp3) is 0.400. The Morgan fingerprint density at radius 1 is 1.42 bits per heavy atom. The van der Waals surface area contributed by atoms with Gasteiger partial charge in [-0.2, -0.15) is 0 Å². The lowest BCUT2D eigenvalue weighted by Crippen LogP contribution is -2.25. The van der Waals surface area contributed by atoms with Gasteiger partial charge in [0, 0.05) is 31.4 Å². The first kappa shape index (κ1) is 12.2. The molecule has 4 nitrogen and oxygen atoms in total. The summed E-state index contributed by atoms with van der Waals surface area (Å²) < 4.78 is 7.81. The first-order valence-corrected chi connectivity index (χ1v) is 6.44. The van der Waals surface area contributed by atoms with Crippen molar-refractivity contribution >= 4 is 0 Å². The van der Waals surface area contributed by atoms with Crippen LogP contribution in [0.4, 0.5) is 0 Å². The van der Waals surface area contributed by atoms with Gasteiger partial charge in [-0.15, -0.1) is 0 Å². The van der Waals surface area contributed by atoms with Crippen molar-refractivity contribution in [2.45, 2.75) is 32.0 Å². The van der Waals surface area contributed by atoms with Gasteiger partial charge in [0.25, 0.3) is 0 Å². The van der Waals surface area contributed by atoms with Crippen molar-refractivity contribution in [1.29, 1.82) is 0 Å². The summed E-state index contributed by atoms with van der Waals surface area (Å²) in [4.78, 5) is 4.21. The minimum Gasteiger partial charge on any atom is -0.487 e. The number of ether oxygens (including phenoxy) is 1. The highest BCUT2D eigenvalue weighted by Crippen LogP contribution is 2.41. The highest BCUT2D eigenvalue weighted by Gasteiger charge is 2.33. The number of aryl methyl sites for hydroxylation is 1. The maximum Gasteiger partial charge on any atom is 0.142 e. The Hall–Kier alpha value is -1.81. The molecule has 1 aliphatic rings. The van der Waals surface area contributed by atoms with E-state index in [4.69, 9.17) is 4.74 Å². The maximum absolute atomic E-state index is 10.5. The summed E-state index contributed by atoms with van der Waals surface area (Å²) in [5.74, 6) is 1.43. The van der Waals surface area contributed by atoms with E-state index in [-0.39, 0.29) is 5.60 Å². The second-order valence-electron chi connectivity index (χ2n) is 5.67. The largest absolute Gasteiger partial charge is 0.487 e. The summed E-state index contributed by atoms with van der Waals surface area (Å²) in [7, 11) is 1.87. The monoisotopic (exact) mass is 258 g/mol. The number of aromatic nitrogens is 2. The lowest BCUT2D eigenvalue weighted by atomic mass is 9.99. The lowest BCUT2D eigenvalue weighted by molar-refractivity contribution is 0.130. The molecule has 1 unspecified atom stereocenters. The van der Waals surface area contributed by atoms with Gasteiger partial charge in [0.2, 0.25) is 0 Å². The van der Waals surface area contributed by atoms with E-state index in [0.29, 0.717) is 5.82 Å². The fourth-order valence-electron chi connectivity index (χ4n) is 2.63. The van der Waals surface area contributed by atoms with Crippen LogP contribution in [0.5, 0.6) is 5.75 Å². The Morgan fingerprint density at radius 3 is 2.89 bits per heavy atom. The average Bonchev–Trinajstić information content (AvgIpc) is 2.88. The van der Waals surface area contributed by atoms with Crippen molar-refractivity contribution in [2.75, 3.05) is 0 Å². The molecule has 4 heteroatoms. The standard InChI is InChI=1S/C15H18N2O2/c1-15(2)9-10-5-4-6-11(13(10)19-15)12(18)14-16-7-8-17(14)3/h4-8,12,18H,9H2,1-3H3. The molecule has 1 aromatic heterocycles. The molecule has 0 aliphatic carbocycles. The molecule has 2 heterocycles. The maximum atomic E-state index is 10.5. The second kappa shape index (κ2) is 4.10. The Balaban J connectivity index is 2.04. The predicted molar refractivity (Wildman–Crippen MR) is 72.1 cm³/mol. The molecule has 0 fully saturated rings. The first-order chi connectivity index (χ1) is 8.98. The van der Waals surface area contributed by atoms with E-state index >= 15 is 0 Å². The fourth-order valence-corrected chi connectivity index (χ4v) is 2.63. The quantitative estimate of drug-likeness (QED) is 0.898. The molecule has 19 heavy (non-hydrogen) atoms. The van der Waals surface area contributed by atoms with Crippen LogP contribution in [-0.2, 0) is 13.5 Å². The lowest BCUT2D eigenvalue weighted by Gasteiger charge is -2.19. The zero-order valence-corrected chi connectivity index (χ0v) is 11.4. The van der Waals surface area contributed by atoms with Crippen molar-refractivity contribution in [3.63, 3.8) is 0 Å². The summed E-state index contributed by atoms with van der Waals surface area (Å²) in [5, 5.41) is 10.5. The minimum absolute atomic E-state index is 0.209. The summed E-state index contributed by atoms with van der Waals surface area (Å²) in [6, 6.07) is 5.92. The van der Waals surface area contributed by atoms with Gasteiger partial charge < -0.3 is 14.4 Å². The first-order valence-electron chi connectivity index (χ1n) is 6.44. The normalized spacial score (nSPS) is 17.9. The average molecular weight is 258 g/mol. The van der Waals surface area contributed by atoms with E-state index in [1.807, 2.05) is 29.9 Å². The van der Waals surface area contributed by atoms with Gasteiger partial charge in [-0.25, -0.2) is 4.98 Å². The summed E-state index contributed by atoms with van der Waals surface area (Å²) in [6.45, 7) is 4.12. The van der Waals surface area contributed by atoms with Gasteiger partial charge in [-0.3, -0.25) is 0 Å². The van der Waals surface area contributed by atoms with Crippen LogP contribution in [0.25, 0.3) is 0 Å². The molecule has 1 atom stereocenters. The molecule has 1 aromatic carbocycles. The SMILES string of the molecule is Cn1ccnc1C(O)c1cccc2c1OC(C)(C)C2. The Kier molecular flexibility index (Phi) is 2.64. The van der Waals surface area contributed by atoms with Crippen LogP contribution in [0.1, 0.15) is 36.9 Å². The highest BCUT2D eigenvalue weighted by atomic mass is 16.5. The highest BCUT2D eigenvalue weighted by molar-refractivity contribution is 5.48. The summed E-state index contributed by atoms with van der Waals surface area (Å²) >= 11 is 0. The third-order valence-corrected chi connectivity index (χ3v) is 3.52. The smallest absolute Gasteiger partial charge is 0.142 e. The van der Waals surface area contributed by atoms with E-state index in [1.165, 1.54) is 0 Å².